The van der Waals surface area contributed by atoms with E-state index in [1.807, 2.05) is 37.6 Å². The fourth-order valence-corrected chi connectivity index (χ4v) is 2.02. The van der Waals surface area contributed by atoms with Crippen LogP contribution in [0.2, 0.25) is 0 Å². The number of benzene rings is 1. The van der Waals surface area contributed by atoms with Crippen LogP contribution in [0.1, 0.15) is 6.92 Å². The largest absolute Gasteiger partial charge is 0.481 e. The third-order valence-electron chi connectivity index (χ3n) is 2.79. The lowest BCUT2D eigenvalue weighted by molar-refractivity contribution is -0.136. The highest BCUT2D eigenvalue weighted by Crippen LogP contribution is 2.20. The lowest BCUT2D eigenvalue weighted by Gasteiger charge is -2.22. The van der Waals surface area contributed by atoms with Crippen molar-refractivity contribution in [1.29, 1.82) is 0 Å². The highest BCUT2D eigenvalue weighted by Gasteiger charge is 2.18. The van der Waals surface area contributed by atoms with E-state index >= 15 is 0 Å². The highest BCUT2D eigenvalue weighted by molar-refractivity contribution is 7.98. The van der Waals surface area contributed by atoms with Crippen molar-refractivity contribution in [3.8, 4) is 5.75 Å². The standard InChI is InChI=1S/C14H22N2O2S/c1-11(14(17)16(3)10-9-15-2)18-12-5-7-13(19-4)8-6-12/h5-8,11,15H,9-10H2,1-4H3. The molecule has 0 aliphatic carbocycles. The van der Waals surface area contributed by atoms with Crippen LogP contribution in [0.4, 0.5) is 0 Å². The Morgan fingerprint density at radius 1 is 1.42 bits per heavy atom. The fourth-order valence-electron chi connectivity index (χ4n) is 1.61. The molecule has 0 saturated heterocycles. The highest BCUT2D eigenvalue weighted by atomic mass is 32.2. The summed E-state index contributed by atoms with van der Waals surface area (Å²) in [5.74, 6) is 0.713. The predicted octanol–water partition coefficient (Wildman–Crippen LogP) is 1.85. The number of amides is 1. The molecule has 0 spiro atoms. The number of carbonyl (C=O) groups excluding carboxylic acids is 1. The number of nitrogens with one attached hydrogen (secondary N) is 1. The molecule has 1 rings (SSSR count). The Labute approximate surface area is 119 Å². The van der Waals surface area contributed by atoms with Crippen LogP contribution in [0.5, 0.6) is 5.75 Å². The van der Waals surface area contributed by atoms with E-state index in [0.29, 0.717) is 6.54 Å². The van der Waals surface area contributed by atoms with Gasteiger partial charge in [-0.3, -0.25) is 4.79 Å². The molecule has 0 aliphatic rings. The number of ether oxygens (including phenoxy) is 1. The second kappa shape index (κ2) is 8.07. The summed E-state index contributed by atoms with van der Waals surface area (Å²) in [4.78, 5) is 14.9. The maximum Gasteiger partial charge on any atom is 0.263 e. The Kier molecular flexibility index (Phi) is 6.73. The van der Waals surface area contributed by atoms with E-state index in [1.54, 1.807) is 30.6 Å². The normalized spacial score (nSPS) is 12.0. The van der Waals surface area contributed by atoms with Crippen molar-refractivity contribution in [1.82, 2.24) is 10.2 Å². The minimum absolute atomic E-state index is 0.0100. The summed E-state index contributed by atoms with van der Waals surface area (Å²) >= 11 is 1.68. The molecule has 106 valence electrons. The molecule has 1 amide bonds. The second-order valence-electron chi connectivity index (χ2n) is 4.30. The number of carbonyl (C=O) groups is 1. The quantitative estimate of drug-likeness (QED) is 0.775. The van der Waals surface area contributed by atoms with Gasteiger partial charge in [0.2, 0.25) is 0 Å². The van der Waals surface area contributed by atoms with Crippen LogP contribution < -0.4 is 10.1 Å². The average molecular weight is 282 g/mol. The van der Waals surface area contributed by atoms with E-state index in [0.717, 1.165) is 12.3 Å². The summed E-state index contributed by atoms with van der Waals surface area (Å²) < 4.78 is 5.66. The van der Waals surface area contributed by atoms with Crippen LogP contribution in [0, 0.1) is 0 Å². The van der Waals surface area contributed by atoms with Gasteiger partial charge < -0.3 is 15.0 Å². The zero-order valence-corrected chi connectivity index (χ0v) is 12.8. The number of likely N-dealkylation sites (N-methyl/N-ethyl adjacent to an activating group) is 2. The molecule has 0 bridgehead atoms. The van der Waals surface area contributed by atoms with Gasteiger partial charge in [0.15, 0.2) is 6.10 Å². The first-order valence-corrected chi connectivity index (χ1v) is 7.51. The zero-order chi connectivity index (χ0) is 14.3. The monoisotopic (exact) mass is 282 g/mol. The Bertz CT molecular complexity index is 395. The summed E-state index contributed by atoms with van der Waals surface area (Å²) in [7, 11) is 3.65. The van der Waals surface area contributed by atoms with E-state index in [9.17, 15) is 4.79 Å². The maximum absolute atomic E-state index is 12.0. The molecule has 0 fully saturated rings. The van der Waals surface area contributed by atoms with Crippen molar-refractivity contribution >= 4 is 17.7 Å². The molecule has 1 unspecified atom stereocenters. The number of nitrogens with zero attached hydrogens (tertiary/aromatic N) is 1. The summed E-state index contributed by atoms with van der Waals surface area (Å²) in [6, 6.07) is 7.76. The molecule has 0 aromatic heterocycles. The summed E-state index contributed by atoms with van der Waals surface area (Å²) in [6.45, 7) is 3.23. The molecule has 1 aromatic carbocycles. The van der Waals surface area contributed by atoms with Gasteiger partial charge in [0, 0.05) is 25.0 Å². The third-order valence-corrected chi connectivity index (χ3v) is 3.54. The molecule has 0 heterocycles. The minimum atomic E-state index is -0.470. The molecule has 1 atom stereocenters. The Hall–Kier alpha value is -1.20. The van der Waals surface area contributed by atoms with Gasteiger partial charge in [0.05, 0.1) is 0 Å². The van der Waals surface area contributed by atoms with Gasteiger partial charge in [-0.05, 0) is 44.5 Å². The van der Waals surface area contributed by atoms with E-state index in [2.05, 4.69) is 5.32 Å². The van der Waals surface area contributed by atoms with Crippen LogP contribution in [0.3, 0.4) is 0 Å². The number of thioether (sulfide) groups is 1. The summed E-state index contributed by atoms with van der Waals surface area (Å²) in [6.07, 6.45) is 1.56. The van der Waals surface area contributed by atoms with Crippen molar-refractivity contribution in [2.75, 3.05) is 33.4 Å². The van der Waals surface area contributed by atoms with Crippen molar-refractivity contribution in [2.24, 2.45) is 0 Å². The summed E-state index contributed by atoms with van der Waals surface area (Å²) in [5, 5.41) is 3.02. The van der Waals surface area contributed by atoms with Crippen molar-refractivity contribution in [3.63, 3.8) is 0 Å². The lowest BCUT2D eigenvalue weighted by atomic mass is 10.3. The minimum Gasteiger partial charge on any atom is -0.481 e. The van der Waals surface area contributed by atoms with Crippen LogP contribution in [0.25, 0.3) is 0 Å². The average Bonchev–Trinajstić information content (AvgIpc) is 2.44. The lowest BCUT2D eigenvalue weighted by Crippen LogP contribution is -2.40. The zero-order valence-electron chi connectivity index (χ0n) is 12.0. The van der Waals surface area contributed by atoms with E-state index in [-0.39, 0.29) is 5.91 Å². The third kappa shape index (κ3) is 5.12. The van der Waals surface area contributed by atoms with E-state index < -0.39 is 6.10 Å². The van der Waals surface area contributed by atoms with Crippen molar-refractivity contribution < 1.29 is 9.53 Å². The molecule has 0 radical (unpaired) electrons. The summed E-state index contributed by atoms with van der Waals surface area (Å²) in [5.41, 5.74) is 0. The van der Waals surface area contributed by atoms with Crippen LogP contribution in [-0.4, -0.2) is 50.4 Å². The second-order valence-corrected chi connectivity index (χ2v) is 5.18. The van der Waals surface area contributed by atoms with E-state index in [1.165, 1.54) is 4.90 Å². The van der Waals surface area contributed by atoms with Gasteiger partial charge in [-0.2, -0.15) is 0 Å². The molecule has 4 nitrogen and oxygen atoms in total. The fraction of sp³-hybridized carbons (Fsp3) is 0.500. The SMILES string of the molecule is CNCCN(C)C(=O)C(C)Oc1ccc(SC)cc1. The van der Waals surface area contributed by atoms with Gasteiger partial charge in [-0.25, -0.2) is 0 Å². The van der Waals surface area contributed by atoms with Crippen LogP contribution in [0.15, 0.2) is 29.2 Å². The number of rotatable bonds is 7. The Morgan fingerprint density at radius 2 is 2.05 bits per heavy atom. The molecule has 1 N–H and O–H groups in total. The molecule has 19 heavy (non-hydrogen) atoms. The Morgan fingerprint density at radius 3 is 2.58 bits per heavy atom. The van der Waals surface area contributed by atoms with E-state index in [4.69, 9.17) is 4.74 Å². The molecule has 0 saturated carbocycles. The first kappa shape index (κ1) is 15.9. The van der Waals surface area contributed by atoms with Crippen LogP contribution >= 0.6 is 11.8 Å². The molecule has 5 heteroatoms. The first-order chi connectivity index (χ1) is 9.08. The molecule has 1 aromatic rings. The maximum atomic E-state index is 12.0. The van der Waals surface area contributed by atoms with Gasteiger partial charge in [-0.15, -0.1) is 11.8 Å². The van der Waals surface area contributed by atoms with Gasteiger partial charge in [-0.1, -0.05) is 0 Å². The number of hydrogen-bond donors (Lipinski definition) is 1. The topological polar surface area (TPSA) is 41.6 Å². The first-order valence-electron chi connectivity index (χ1n) is 6.28. The van der Waals surface area contributed by atoms with Gasteiger partial charge in [0.25, 0.3) is 5.91 Å². The van der Waals surface area contributed by atoms with Crippen molar-refractivity contribution in [2.45, 2.75) is 17.9 Å². The predicted molar refractivity (Wildman–Crippen MR) is 79.9 cm³/mol. The van der Waals surface area contributed by atoms with Crippen molar-refractivity contribution in [3.05, 3.63) is 24.3 Å². The van der Waals surface area contributed by atoms with Crippen LogP contribution in [-0.2, 0) is 4.79 Å². The molecular weight excluding hydrogens is 260 g/mol. The molecular formula is C14H22N2O2S. The Balaban J connectivity index is 2.52. The van der Waals surface area contributed by atoms with Gasteiger partial charge in [0.1, 0.15) is 5.75 Å². The molecule has 0 aliphatic heterocycles. The number of hydrogen-bond acceptors (Lipinski definition) is 4. The smallest absolute Gasteiger partial charge is 0.263 e. The van der Waals surface area contributed by atoms with Gasteiger partial charge >= 0.3 is 0 Å².